The van der Waals surface area contributed by atoms with E-state index >= 15 is 0 Å². The van der Waals surface area contributed by atoms with Gasteiger partial charge < -0.3 is 20.7 Å². The molecule has 0 atom stereocenters. The molecular formula is C16H25N3O2. The molecule has 0 saturated carbocycles. The van der Waals surface area contributed by atoms with Gasteiger partial charge in [-0.05, 0) is 37.6 Å². The lowest BCUT2D eigenvalue weighted by Gasteiger charge is -2.22. The van der Waals surface area contributed by atoms with Crippen molar-refractivity contribution in [3.05, 3.63) is 29.8 Å². The van der Waals surface area contributed by atoms with Crippen LogP contribution < -0.4 is 16.0 Å². The van der Waals surface area contributed by atoms with Crippen molar-refractivity contribution < 1.29 is 9.53 Å². The molecule has 1 aliphatic rings. The molecule has 5 nitrogen and oxygen atoms in total. The van der Waals surface area contributed by atoms with E-state index in [0.717, 1.165) is 43.7 Å². The average Bonchev–Trinajstić information content (AvgIpc) is 2.54. The van der Waals surface area contributed by atoms with E-state index in [0.29, 0.717) is 13.2 Å². The predicted molar refractivity (Wildman–Crippen MR) is 84.2 cm³/mol. The molecule has 1 saturated heterocycles. The maximum absolute atomic E-state index is 12.2. The molecular weight excluding hydrogens is 266 g/mol. The second kappa shape index (κ2) is 8.64. The van der Waals surface area contributed by atoms with E-state index in [1.54, 1.807) is 7.11 Å². The zero-order valence-electron chi connectivity index (χ0n) is 12.7. The van der Waals surface area contributed by atoms with E-state index in [4.69, 9.17) is 4.74 Å². The van der Waals surface area contributed by atoms with Crippen LogP contribution in [-0.2, 0) is 16.1 Å². The number of carbonyl (C=O) groups excluding carboxylic acids is 1. The zero-order chi connectivity index (χ0) is 14.9. The topological polar surface area (TPSA) is 62.4 Å². The van der Waals surface area contributed by atoms with Crippen LogP contribution in [0.25, 0.3) is 0 Å². The third-order valence-corrected chi connectivity index (χ3v) is 3.80. The van der Waals surface area contributed by atoms with Crippen molar-refractivity contribution in [1.29, 1.82) is 0 Å². The first-order chi connectivity index (χ1) is 10.3. The van der Waals surface area contributed by atoms with E-state index in [1.165, 1.54) is 0 Å². The van der Waals surface area contributed by atoms with Crippen LogP contribution in [0.5, 0.6) is 0 Å². The fraction of sp³-hybridized carbons (Fsp3) is 0.562. The Balaban J connectivity index is 1.85. The molecule has 0 radical (unpaired) electrons. The summed E-state index contributed by atoms with van der Waals surface area (Å²) in [6.07, 6.45) is 1.86. The Morgan fingerprint density at radius 3 is 2.86 bits per heavy atom. The molecule has 0 bridgehead atoms. The van der Waals surface area contributed by atoms with Crippen molar-refractivity contribution in [1.82, 2.24) is 10.6 Å². The summed E-state index contributed by atoms with van der Waals surface area (Å²) in [7, 11) is 1.69. The fourth-order valence-electron chi connectivity index (χ4n) is 2.55. The first kappa shape index (κ1) is 15.8. The number of benzene rings is 1. The van der Waals surface area contributed by atoms with Crippen LogP contribution in [0.15, 0.2) is 24.3 Å². The van der Waals surface area contributed by atoms with E-state index in [9.17, 15) is 4.79 Å². The van der Waals surface area contributed by atoms with Gasteiger partial charge in [0.2, 0.25) is 5.91 Å². The average molecular weight is 291 g/mol. The number of amides is 1. The van der Waals surface area contributed by atoms with E-state index in [2.05, 4.69) is 16.0 Å². The molecule has 116 valence electrons. The Kier molecular flexibility index (Phi) is 6.50. The van der Waals surface area contributed by atoms with Crippen molar-refractivity contribution in [3.63, 3.8) is 0 Å². The standard InChI is InChI=1S/C16H25N3O2/c1-21-11-10-18-15-5-3-2-4-14(15)12-19-16(20)13-6-8-17-9-7-13/h2-5,13,17-18H,6-12H2,1H3,(H,19,20). The third-order valence-electron chi connectivity index (χ3n) is 3.80. The Morgan fingerprint density at radius 1 is 1.33 bits per heavy atom. The molecule has 1 aromatic carbocycles. The quantitative estimate of drug-likeness (QED) is 0.664. The first-order valence-electron chi connectivity index (χ1n) is 7.60. The van der Waals surface area contributed by atoms with Crippen LogP contribution in [-0.4, -0.2) is 39.3 Å². The molecule has 1 aliphatic heterocycles. The van der Waals surface area contributed by atoms with Gasteiger partial charge in [0.15, 0.2) is 0 Å². The molecule has 21 heavy (non-hydrogen) atoms. The zero-order valence-corrected chi connectivity index (χ0v) is 12.7. The van der Waals surface area contributed by atoms with Gasteiger partial charge in [-0.15, -0.1) is 0 Å². The van der Waals surface area contributed by atoms with Gasteiger partial charge in [-0.25, -0.2) is 0 Å². The minimum atomic E-state index is 0.153. The molecule has 0 spiro atoms. The summed E-state index contributed by atoms with van der Waals surface area (Å²) in [6, 6.07) is 8.06. The van der Waals surface area contributed by atoms with Gasteiger partial charge in [-0.1, -0.05) is 18.2 Å². The summed E-state index contributed by atoms with van der Waals surface area (Å²) in [4.78, 5) is 12.2. The van der Waals surface area contributed by atoms with Gasteiger partial charge in [-0.3, -0.25) is 4.79 Å². The largest absolute Gasteiger partial charge is 0.383 e. The number of ether oxygens (including phenoxy) is 1. The number of methoxy groups -OCH3 is 1. The maximum atomic E-state index is 12.2. The lowest BCUT2D eigenvalue weighted by molar-refractivity contribution is -0.125. The SMILES string of the molecule is COCCNc1ccccc1CNC(=O)C1CCNCC1. The van der Waals surface area contributed by atoms with Gasteiger partial charge in [0.05, 0.1) is 6.61 Å². The highest BCUT2D eigenvalue weighted by atomic mass is 16.5. The maximum Gasteiger partial charge on any atom is 0.223 e. The number of para-hydroxylation sites is 1. The second-order valence-corrected chi connectivity index (χ2v) is 5.32. The molecule has 0 aliphatic carbocycles. The number of hydrogen-bond acceptors (Lipinski definition) is 4. The molecule has 1 amide bonds. The molecule has 2 rings (SSSR count). The van der Waals surface area contributed by atoms with Crippen LogP contribution in [0.2, 0.25) is 0 Å². The minimum Gasteiger partial charge on any atom is -0.383 e. The molecule has 1 aromatic rings. The first-order valence-corrected chi connectivity index (χ1v) is 7.60. The molecule has 0 aromatic heterocycles. The lowest BCUT2D eigenvalue weighted by Crippen LogP contribution is -2.37. The highest BCUT2D eigenvalue weighted by Crippen LogP contribution is 2.16. The Morgan fingerprint density at radius 2 is 2.10 bits per heavy atom. The Hall–Kier alpha value is -1.59. The number of nitrogens with one attached hydrogen (secondary N) is 3. The summed E-state index contributed by atoms with van der Waals surface area (Å²) < 4.78 is 5.04. The van der Waals surface area contributed by atoms with E-state index in [1.807, 2.05) is 24.3 Å². The van der Waals surface area contributed by atoms with Crippen molar-refractivity contribution >= 4 is 11.6 Å². The van der Waals surface area contributed by atoms with Gasteiger partial charge in [0, 0.05) is 31.8 Å². The highest BCUT2D eigenvalue weighted by Gasteiger charge is 2.20. The summed E-state index contributed by atoms with van der Waals surface area (Å²) in [5, 5.41) is 9.67. The third kappa shape index (κ3) is 5.02. The number of hydrogen-bond donors (Lipinski definition) is 3. The summed E-state index contributed by atoms with van der Waals surface area (Å²) in [5.41, 5.74) is 2.16. The van der Waals surface area contributed by atoms with Crippen LogP contribution in [0, 0.1) is 5.92 Å². The molecule has 1 fully saturated rings. The summed E-state index contributed by atoms with van der Waals surface area (Å²) >= 11 is 0. The van der Waals surface area contributed by atoms with Crippen molar-refractivity contribution in [2.24, 2.45) is 5.92 Å². The normalized spacial score (nSPS) is 15.7. The smallest absolute Gasteiger partial charge is 0.223 e. The fourth-order valence-corrected chi connectivity index (χ4v) is 2.55. The summed E-state index contributed by atoms with van der Waals surface area (Å²) in [6.45, 7) is 3.87. The van der Waals surface area contributed by atoms with Crippen LogP contribution in [0.1, 0.15) is 18.4 Å². The highest BCUT2D eigenvalue weighted by molar-refractivity contribution is 5.79. The van der Waals surface area contributed by atoms with Gasteiger partial charge in [0.25, 0.3) is 0 Å². The van der Waals surface area contributed by atoms with Gasteiger partial charge in [0.1, 0.15) is 0 Å². The Bertz CT molecular complexity index is 445. The van der Waals surface area contributed by atoms with Crippen molar-refractivity contribution in [2.45, 2.75) is 19.4 Å². The van der Waals surface area contributed by atoms with E-state index in [-0.39, 0.29) is 11.8 Å². The number of piperidine rings is 1. The van der Waals surface area contributed by atoms with Gasteiger partial charge in [-0.2, -0.15) is 0 Å². The predicted octanol–water partition coefficient (Wildman–Crippen LogP) is 1.36. The molecule has 5 heteroatoms. The number of rotatable bonds is 7. The summed E-state index contributed by atoms with van der Waals surface area (Å²) in [5.74, 6) is 0.322. The number of anilines is 1. The van der Waals surface area contributed by atoms with Gasteiger partial charge >= 0.3 is 0 Å². The van der Waals surface area contributed by atoms with Crippen molar-refractivity contribution in [3.8, 4) is 0 Å². The Labute approximate surface area is 126 Å². The van der Waals surface area contributed by atoms with Crippen molar-refractivity contribution in [2.75, 3.05) is 38.7 Å². The second-order valence-electron chi connectivity index (χ2n) is 5.32. The lowest BCUT2D eigenvalue weighted by atomic mass is 9.97. The number of carbonyl (C=O) groups is 1. The molecule has 0 unspecified atom stereocenters. The van der Waals surface area contributed by atoms with Crippen LogP contribution in [0.3, 0.4) is 0 Å². The van der Waals surface area contributed by atoms with Crippen LogP contribution in [0.4, 0.5) is 5.69 Å². The van der Waals surface area contributed by atoms with E-state index < -0.39 is 0 Å². The minimum absolute atomic E-state index is 0.153. The monoisotopic (exact) mass is 291 g/mol. The van der Waals surface area contributed by atoms with Crippen LogP contribution >= 0.6 is 0 Å². The molecule has 1 heterocycles. The molecule has 3 N–H and O–H groups in total.